The molecule has 0 N–H and O–H groups in total. The smallest absolute Gasteiger partial charge is 0.263 e. The van der Waals surface area contributed by atoms with Gasteiger partial charge in [-0.1, -0.05) is 36.3 Å². The molecule has 6 nitrogen and oxygen atoms in total. The van der Waals surface area contributed by atoms with Crippen molar-refractivity contribution in [2.75, 3.05) is 0 Å². The van der Waals surface area contributed by atoms with E-state index >= 15 is 0 Å². The summed E-state index contributed by atoms with van der Waals surface area (Å²) in [5.74, 6) is 1.30. The number of unbranched alkanes of at least 4 members (excludes halogenated alkanes) is 1. The molecule has 146 valence electrons. The minimum atomic E-state index is -0.0878. The molecule has 0 aliphatic rings. The number of hydrogen-bond donors (Lipinski definition) is 0. The maximum absolute atomic E-state index is 13.0. The van der Waals surface area contributed by atoms with Crippen molar-refractivity contribution in [3.05, 3.63) is 45.0 Å². The number of thiophene rings is 2. The van der Waals surface area contributed by atoms with E-state index in [1.807, 2.05) is 29.8 Å². The Balaban J connectivity index is 1.63. The van der Waals surface area contributed by atoms with Crippen molar-refractivity contribution in [1.82, 2.24) is 19.7 Å². The highest BCUT2D eigenvalue weighted by atomic mass is 32.2. The van der Waals surface area contributed by atoms with Crippen LogP contribution < -0.4 is 5.56 Å². The molecular formula is C19H20N4O2S3. The topological polar surface area (TPSA) is 73.8 Å². The van der Waals surface area contributed by atoms with E-state index in [0.29, 0.717) is 16.4 Å². The lowest BCUT2D eigenvalue weighted by Crippen LogP contribution is -2.19. The van der Waals surface area contributed by atoms with E-state index in [9.17, 15) is 4.79 Å². The molecule has 4 aromatic rings. The van der Waals surface area contributed by atoms with E-state index in [4.69, 9.17) is 9.51 Å². The maximum Gasteiger partial charge on any atom is 0.263 e. The Morgan fingerprint density at radius 3 is 2.93 bits per heavy atom. The first-order chi connectivity index (χ1) is 13.6. The lowest BCUT2D eigenvalue weighted by molar-refractivity contribution is 0.374. The third kappa shape index (κ3) is 3.66. The number of nitrogens with zero attached hydrogens (tertiary/aromatic N) is 4. The van der Waals surface area contributed by atoms with Crippen LogP contribution >= 0.6 is 34.4 Å². The molecule has 0 aliphatic carbocycles. The first kappa shape index (κ1) is 19.4. The molecule has 0 aromatic carbocycles. The van der Waals surface area contributed by atoms with Crippen LogP contribution in [0.1, 0.15) is 43.7 Å². The summed E-state index contributed by atoms with van der Waals surface area (Å²) >= 11 is 4.59. The Morgan fingerprint density at radius 1 is 1.32 bits per heavy atom. The van der Waals surface area contributed by atoms with Crippen molar-refractivity contribution in [1.29, 1.82) is 0 Å². The molecular weight excluding hydrogens is 412 g/mol. The normalized spacial score (nSPS) is 12.7. The SMILES string of the molecule is CCCCc1noc(C(C)Sc2nc3scc(-c4cccs4)c3c(=O)n2C)n1. The molecule has 0 spiro atoms. The van der Waals surface area contributed by atoms with Crippen LogP contribution in [0.25, 0.3) is 20.7 Å². The minimum absolute atomic E-state index is 0.0292. The van der Waals surface area contributed by atoms with Crippen LogP contribution in [0.3, 0.4) is 0 Å². The molecule has 4 aromatic heterocycles. The molecule has 0 saturated carbocycles. The molecule has 0 bridgehead atoms. The molecule has 0 fully saturated rings. The van der Waals surface area contributed by atoms with E-state index in [-0.39, 0.29) is 10.8 Å². The molecule has 4 heterocycles. The second-order valence-corrected chi connectivity index (χ2v) is 9.59. The van der Waals surface area contributed by atoms with Gasteiger partial charge in [0.05, 0.1) is 10.6 Å². The average molecular weight is 433 g/mol. The van der Waals surface area contributed by atoms with Gasteiger partial charge in [-0.05, 0) is 24.8 Å². The molecule has 0 saturated heterocycles. The van der Waals surface area contributed by atoms with Crippen molar-refractivity contribution in [2.24, 2.45) is 7.05 Å². The van der Waals surface area contributed by atoms with Crippen LogP contribution in [-0.2, 0) is 13.5 Å². The number of fused-ring (bicyclic) bond motifs is 1. The number of hydrogen-bond acceptors (Lipinski definition) is 8. The molecule has 9 heteroatoms. The van der Waals surface area contributed by atoms with Gasteiger partial charge in [0, 0.05) is 29.3 Å². The van der Waals surface area contributed by atoms with Crippen molar-refractivity contribution in [2.45, 2.75) is 43.5 Å². The second-order valence-electron chi connectivity index (χ2n) is 6.48. The largest absolute Gasteiger partial charge is 0.338 e. The zero-order valence-electron chi connectivity index (χ0n) is 15.8. The third-order valence-electron chi connectivity index (χ3n) is 4.43. The number of aryl methyl sites for hydroxylation is 1. The quantitative estimate of drug-likeness (QED) is 0.291. The van der Waals surface area contributed by atoms with E-state index in [1.54, 1.807) is 23.0 Å². The fourth-order valence-electron chi connectivity index (χ4n) is 2.85. The van der Waals surface area contributed by atoms with Crippen molar-refractivity contribution in [3.63, 3.8) is 0 Å². The van der Waals surface area contributed by atoms with Gasteiger partial charge in [0.2, 0.25) is 5.89 Å². The monoisotopic (exact) mass is 432 g/mol. The van der Waals surface area contributed by atoms with E-state index in [0.717, 1.165) is 40.4 Å². The van der Waals surface area contributed by atoms with Crippen LogP contribution in [0, 0.1) is 0 Å². The van der Waals surface area contributed by atoms with Gasteiger partial charge in [0.15, 0.2) is 11.0 Å². The molecule has 0 amide bonds. The first-order valence-corrected chi connectivity index (χ1v) is 11.7. The Morgan fingerprint density at radius 2 is 2.18 bits per heavy atom. The highest BCUT2D eigenvalue weighted by molar-refractivity contribution is 7.99. The summed E-state index contributed by atoms with van der Waals surface area (Å²) in [5.41, 5.74) is 0.934. The van der Waals surface area contributed by atoms with Gasteiger partial charge < -0.3 is 4.52 Å². The van der Waals surface area contributed by atoms with Crippen LogP contribution in [-0.4, -0.2) is 19.7 Å². The van der Waals surface area contributed by atoms with Crippen molar-refractivity contribution >= 4 is 44.7 Å². The summed E-state index contributed by atoms with van der Waals surface area (Å²) in [6.07, 6.45) is 2.95. The molecule has 4 rings (SSSR count). The molecule has 0 radical (unpaired) electrons. The summed E-state index contributed by atoms with van der Waals surface area (Å²) in [4.78, 5) is 24.1. The molecule has 1 atom stereocenters. The highest BCUT2D eigenvalue weighted by Crippen LogP contribution is 2.37. The van der Waals surface area contributed by atoms with Crippen LogP contribution in [0.15, 0.2) is 37.4 Å². The third-order valence-corrected chi connectivity index (χ3v) is 7.34. The standard InChI is InChI=1S/C19H20N4O2S3/c1-4-5-8-14-20-16(25-22-14)11(2)28-19-21-17-15(18(24)23(19)3)12(10-27-17)13-7-6-9-26-13/h6-7,9-11H,4-5,8H2,1-3H3. The summed E-state index contributed by atoms with van der Waals surface area (Å²) in [6, 6.07) is 4.02. The van der Waals surface area contributed by atoms with E-state index in [1.165, 1.54) is 23.1 Å². The lowest BCUT2D eigenvalue weighted by atomic mass is 10.2. The Labute approximate surface area is 174 Å². The average Bonchev–Trinajstić information content (AvgIpc) is 3.43. The summed E-state index contributed by atoms with van der Waals surface area (Å²) in [5, 5.41) is 9.33. The molecule has 0 aliphatic heterocycles. The minimum Gasteiger partial charge on any atom is -0.338 e. The predicted molar refractivity (Wildman–Crippen MR) is 115 cm³/mol. The molecule has 28 heavy (non-hydrogen) atoms. The van der Waals surface area contributed by atoms with Gasteiger partial charge in [-0.2, -0.15) is 4.98 Å². The van der Waals surface area contributed by atoms with E-state index < -0.39 is 0 Å². The molecule has 1 unspecified atom stereocenters. The van der Waals surface area contributed by atoms with Gasteiger partial charge >= 0.3 is 0 Å². The summed E-state index contributed by atoms with van der Waals surface area (Å²) < 4.78 is 7.03. The predicted octanol–water partition coefficient (Wildman–Crippen LogP) is 5.30. The van der Waals surface area contributed by atoms with Gasteiger partial charge in [-0.25, -0.2) is 4.98 Å². The zero-order chi connectivity index (χ0) is 19.7. The van der Waals surface area contributed by atoms with Crippen LogP contribution in [0.5, 0.6) is 0 Å². The van der Waals surface area contributed by atoms with Crippen molar-refractivity contribution < 1.29 is 4.52 Å². The number of aromatic nitrogens is 4. The maximum atomic E-state index is 13.0. The number of thioether (sulfide) groups is 1. The van der Waals surface area contributed by atoms with Gasteiger partial charge in [-0.15, -0.1) is 22.7 Å². The fraction of sp³-hybridized carbons (Fsp3) is 0.368. The van der Waals surface area contributed by atoms with Crippen molar-refractivity contribution in [3.8, 4) is 10.4 Å². The number of rotatable bonds is 7. The lowest BCUT2D eigenvalue weighted by Gasteiger charge is -2.10. The van der Waals surface area contributed by atoms with Gasteiger partial charge in [0.1, 0.15) is 4.83 Å². The highest BCUT2D eigenvalue weighted by Gasteiger charge is 2.21. The van der Waals surface area contributed by atoms with E-state index in [2.05, 4.69) is 17.1 Å². The first-order valence-electron chi connectivity index (χ1n) is 9.09. The Bertz CT molecular complexity index is 1140. The Kier molecular flexibility index (Phi) is 5.65. The summed E-state index contributed by atoms with van der Waals surface area (Å²) in [7, 11) is 1.76. The van der Waals surface area contributed by atoms with Crippen LogP contribution in [0.4, 0.5) is 0 Å². The fourth-order valence-corrected chi connectivity index (χ4v) is 5.56. The summed E-state index contributed by atoms with van der Waals surface area (Å²) in [6.45, 7) is 4.12. The van der Waals surface area contributed by atoms with Crippen LogP contribution in [0.2, 0.25) is 0 Å². The van der Waals surface area contributed by atoms with Gasteiger partial charge in [0.25, 0.3) is 5.56 Å². The zero-order valence-corrected chi connectivity index (χ0v) is 18.3. The Hall–Kier alpha value is -1.97. The second kappa shape index (κ2) is 8.18. The van der Waals surface area contributed by atoms with Gasteiger partial charge in [-0.3, -0.25) is 9.36 Å².